The van der Waals surface area contributed by atoms with E-state index in [1.807, 2.05) is 32.9 Å². The molecule has 0 aliphatic carbocycles. The molecule has 2 heterocycles. The minimum absolute atomic E-state index is 0.305. The van der Waals surface area contributed by atoms with Crippen LogP contribution >= 0.6 is 0 Å². The van der Waals surface area contributed by atoms with Gasteiger partial charge in [0.15, 0.2) is 0 Å². The second-order valence-electron chi connectivity index (χ2n) is 4.61. The van der Waals surface area contributed by atoms with Crippen LogP contribution in [0.5, 0.6) is 0 Å². The van der Waals surface area contributed by atoms with Gasteiger partial charge in [0.25, 0.3) is 0 Å². The molecule has 0 aliphatic rings. The molecular formula is C14H15NO3. The Bertz CT molecular complexity index is 679. The Morgan fingerprint density at radius 3 is 2.28 bits per heavy atom. The number of furan rings is 2. The van der Waals surface area contributed by atoms with Gasteiger partial charge in [-0.25, -0.2) is 5.90 Å². The molecule has 0 spiro atoms. The summed E-state index contributed by atoms with van der Waals surface area (Å²) in [6, 6.07) is 4.01. The first-order valence-corrected chi connectivity index (χ1v) is 5.85. The lowest BCUT2D eigenvalue weighted by atomic mass is 10.0. The molecule has 4 heteroatoms. The highest BCUT2D eigenvalue weighted by molar-refractivity contribution is 6.01. The fourth-order valence-electron chi connectivity index (χ4n) is 2.51. The fourth-order valence-corrected chi connectivity index (χ4v) is 2.51. The molecule has 3 aromatic rings. The topological polar surface area (TPSA) is 61.5 Å². The third-order valence-corrected chi connectivity index (χ3v) is 3.28. The summed E-state index contributed by atoms with van der Waals surface area (Å²) in [5, 5.41) is 2.07. The molecule has 0 atom stereocenters. The summed E-state index contributed by atoms with van der Waals surface area (Å²) in [5.74, 6) is 6.96. The van der Waals surface area contributed by atoms with E-state index in [0.29, 0.717) is 6.61 Å². The molecule has 18 heavy (non-hydrogen) atoms. The van der Waals surface area contributed by atoms with Gasteiger partial charge in [-0.2, -0.15) is 0 Å². The van der Waals surface area contributed by atoms with Gasteiger partial charge in [-0.3, -0.25) is 4.84 Å². The first-order chi connectivity index (χ1) is 8.61. The summed E-state index contributed by atoms with van der Waals surface area (Å²) in [7, 11) is 0. The van der Waals surface area contributed by atoms with Crippen LogP contribution in [-0.2, 0) is 11.4 Å². The lowest BCUT2D eigenvalue weighted by Gasteiger charge is -2.05. The molecule has 0 fully saturated rings. The number of hydrogen-bond acceptors (Lipinski definition) is 4. The van der Waals surface area contributed by atoms with Crippen molar-refractivity contribution < 1.29 is 13.7 Å². The highest BCUT2D eigenvalue weighted by Gasteiger charge is 2.18. The minimum atomic E-state index is 0.305. The Morgan fingerprint density at radius 1 is 1.00 bits per heavy atom. The number of fused-ring (bicyclic) bond motifs is 2. The Kier molecular flexibility index (Phi) is 2.43. The van der Waals surface area contributed by atoms with Gasteiger partial charge >= 0.3 is 0 Å². The van der Waals surface area contributed by atoms with Gasteiger partial charge in [-0.15, -0.1) is 0 Å². The van der Waals surface area contributed by atoms with Crippen molar-refractivity contribution in [1.29, 1.82) is 0 Å². The summed E-state index contributed by atoms with van der Waals surface area (Å²) in [6.07, 6.45) is 0. The molecule has 3 rings (SSSR count). The Hall–Kier alpha value is -1.78. The van der Waals surface area contributed by atoms with Gasteiger partial charge in [0.2, 0.25) is 0 Å². The Labute approximate surface area is 104 Å². The number of benzene rings is 1. The van der Waals surface area contributed by atoms with E-state index >= 15 is 0 Å². The highest BCUT2D eigenvalue weighted by atomic mass is 16.6. The summed E-state index contributed by atoms with van der Waals surface area (Å²) in [6.45, 7) is 6.20. The van der Waals surface area contributed by atoms with E-state index in [2.05, 4.69) is 0 Å². The van der Waals surface area contributed by atoms with E-state index in [1.54, 1.807) is 0 Å². The van der Waals surface area contributed by atoms with E-state index < -0.39 is 0 Å². The van der Waals surface area contributed by atoms with Gasteiger partial charge in [0, 0.05) is 21.9 Å². The zero-order chi connectivity index (χ0) is 12.9. The fraction of sp³-hybridized carbons (Fsp3) is 0.286. The van der Waals surface area contributed by atoms with Crippen LogP contribution in [0, 0.1) is 20.8 Å². The molecular weight excluding hydrogens is 230 g/mol. The molecule has 0 radical (unpaired) electrons. The molecule has 4 nitrogen and oxygen atoms in total. The first-order valence-electron chi connectivity index (χ1n) is 5.85. The number of hydrogen-bond donors (Lipinski definition) is 1. The second-order valence-corrected chi connectivity index (χ2v) is 4.61. The molecule has 0 aliphatic heterocycles. The lowest BCUT2D eigenvalue weighted by molar-refractivity contribution is 0.125. The molecule has 94 valence electrons. The van der Waals surface area contributed by atoms with Gasteiger partial charge in [-0.05, 0) is 32.9 Å². The normalized spacial score (nSPS) is 11.8. The molecule has 1 aromatic carbocycles. The summed E-state index contributed by atoms with van der Waals surface area (Å²) in [4.78, 5) is 4.80. The monoisotopic (exact) mass is 245 g/mol. The van der Waals surface area contributed by atoms with Gasteiger partial charge < -0.3 is 8.83 Å². The van der Waals surface area contributed by atoms with Crippen LogP contribution in [0.3, 0.4) is 0 Å². The maximum Gasteiger partial charge on any atom is 0.140 e. The van der Waals surface area contributed by atoms with Crippen molar-refractivity contribution in [3.63, 3.8) is 0 Å². The average Bonchev–Trinajstić information content (AvgIpc) is 2.88. The van der Waals surface area contributed by atoms with Gasteiger partial charge in [0.1, 0.15) is 22.7 Å². The maximum absolute atomic E-state index is 5.77. The molecule has 0 amide bonds. The molecule has 0 unspecified atom stereocenters. The summed E-state index contributed by atoms with van der Waals surface area (Å²) < 4.78 is 11.5. The van der Waals surface area contributed by atoms with Crippen molar-refractivity contribution in [2.45, 2.75) is 27.4 Å². The van der Waals surface area contributed by atoms with Crippen molar-refractivity contribution in [1.82, 2.24) is 0 Å². The van der Waals surface area contributed by atoms with E-state index in [0.717, 1.165) is 44.6 Å². The third kappa shape index (κ3) is 1.46. The van der Waals surface area contributed by atoms with E-state index in [9.17, 15) is 0 Å². The van der Waals surface area contributed by atoms with Crippen LogP contribution in [0.15, 0.2) is 21.0 Å². The standard InChI is InChI=1S/C14H15NO3/c1-7-4-10-9(3)13-11(5-8(2)17-13)12(6-16-15)14(10)18-7/h4-5H,6,15H2,1-3H3. The molecule has 2 aromatic heterocycles. The Balaban J connectivity index is 2.51. The van der Waals surface area contributed by atoms with Crippen LogP contribution in [0.1, 0.15) is 22.6 Å². The lowest BCUT2D eigenvalue weighted by Crippen LogP contribution is -2.00. The predicted molar refractivity (Wildman–Crippen MR) is 69.2 cm³/mol. The van der Waals surface area contributed by atoms with Crippen LogP contribution < -0.4 is 5.90 Å². The van der Waals surface area contributed by atoms with Crippen molar-refractivity contribution in [3.05, 3.63) is 34.8 Å². The molecule has 0 bridgehead atoms. The Morgan fingerprint density at radius 2 is 1.61 bits per heavy atom. The van der Waals surface area contributed by atoms with Crippen molar-refractivity contribution in [2.24, 2.45) is 5.90 Å². The molecule has 0 saturated heterocycles. The smallest absolute Gasteiger partial charge is 0.140 e. The van der Waals surface area contributed by atoms with Crippen LogP contribution in [0.2, 0.25) is 0 Å². The van der Waals surface area contributed by atoms with Gasteiger partial charge in [0.05, 0.1) is 6.61 Å². The SMILES string of the molecule is Cc1cc2c(CON)c3oc(C)cc3c(C)c2o1. The van der Waals surface area contributed by atoms with Crippen molar-refractivity contribution in [3.8, 4) is 0 Å². The average molecular weight is 245 g/mol. The van der Waals surface area contributed by atoms with Crippen LogP contribution in [0.4, 0.5) is 0 Å². The summed E-state index contributed by atoms with van der Waals surface area (Å²) >= 11 is 0. The highest BCUT2D eigenvalue weighted by Crippen LogP contribution is 2.36. The van der Waals surface area contributed by atoms with Crippen molar-refractivity contribution >= 4 is 21.9 Å². The third-order valence-electron chi connectivity index (χ3n) is 3.28. The number of nitrogens with two attached hydrogens (primary N) is 1. The van der Waals surface area contributed by atoms with E-state index in [1.165, 1.54) is 0 Å². The zero-order valence-corrected chi connectivity index (χ0v) is 10.7. The first kappa shape index (κ1) is 11.3. The van der Waals surface area contributed by atoms with Gasteiger partial charge in [-0.1, -0.05) is 0 Å². The zero-order valence-electron chi connectivity index (χ0n) is 10.7. The van der Waals surface area contributed by atoms with Crippen LogP contribution in [0.25, 0.3) is 21.9 Å². The molecule has 0 saturated carbocycles. The predicted octanol–water partition coefficient (Wildman–Crippen LogP) is 3.49. The van der Waals surface area contributed by atoms with E-state index in [4.69, 9.17) is 19.6 Å². The largest absolute Gasteiger partial charge is 0.461 e. The summed E-state index contributed by atoms with van der Waals surface area (Å²) in [5.41, 5.74) is 3.75. The number of rotatable bonds is 2. The maximum atomic E-state index is 5.77. The second kappa shape index (κ2) is 3.86. The van der Waals surface area contributed by atoms with Crippen LogP contribution in [-0.4, -0.2) is 0 Å². The van der Waals surface area contributed by atoms with Crippen molar-refractivity contribution in [2.75, 3.05) is 0 Å². The number of aryl methyl sites for hydroxylation is 3. The quantitative estimate of drug-likeness (QED) is 0.702. The van der Waals surface area contributed by atoms with E-state index in [-0.39, 0.29) is 0 Å². The minimum Gasteiger partial charge on any atom is -0.461 e. The molecule has 2 N–H and O–H groups in total.